The van der Waals surface area contributed by atoms with Crippen LogP contribution in [-0.4, -0.2) is 19.6 Å². The van der Waals surface area contributed by atoms with Crippen molar-refractivity contribution in [2.24, 2.45) is 5.41 Å². The Morgan fingerprint density at radius 1 is 1.41 bits per heavy atom. The van der Waals surface area contributed by atoms with Crippen molar-refractivity contribution >= 4 is 21.8 Å². The summed E-state index contributed by atoms with van der Waals surface area (Å²) in [4.78, 5) is 12.0. The Labute approximate surface area is 111 Å². The van der Waals surface area contributed by atoms with Gasteiger partial charge in [-0.15, -0.1) is 0 Å². The molecule has 0 atom stereocenters. The molecule has 0 saturated carbocycles. The van der Waals surface area contributed by atoms with Crippen molar-refractivity contribution in [2.75, 3.05) is 13.7 Å². The molecule has 1 rings (SSSR count). The van der Waals surface area contributed by atoms with E-state index in [4.69, 9.17) is 4.74 Å². The summed E-state index contributed by atoms with van der Waals surface area (Å²) in [6.07, 6.45) is 0. The van der Waals surface area contributed by atoms with Crippen LogP contribution in [0.5, 0.6) is 5.75 Å². The highest BCUT2D eigenvalue weighted by molar-refractivity contribution is 9.10. The van der Waals surface area contributed by atoms with Crippen LogP contribution in [0.1, 0.15) is 31.1 Å². The fourth-order valence-corrected chi connectivity index (χ4v) is 1.67. The summed E-state index contributed by atoms with van der Waals surface area (Å²) < 4.78 is 5.87. The zero-order valence-corrected chi connectivity index (χ0v) is 12.2. The van der Waals surface area contributed by atoms with E-state index in [0.29, 0.717) is 17.9 Å². The first-order chi connectivity index (χ1) is 7.83. The van der Waals surface area contributed by atoms with Gasteiger partial charge >= 0.3 is 0 Å². The Balaban J connectivity index is 2.81. The lowest BCUT2D eigenvalue weighted by Crippen LogP contribution is -2.32. The van der Waals surface area contributed by atoms with Crippen molar-refractivity contribution in [2.45, 2.75) is 20.8 Å². The average molecular weight is 300 g/mol. The summed E-state index contributed by atoms with van der Waals surface area (Å²) in [7, 11) is 1.58. The number of ether oxygens (including phenoxy) is 1. The van der Waals surface area contributed by atoms with Crippen molar-refractivity contribution in [1.29, 1.82) is 0 Å². The molecule has 0 aliphatic rings. The number of hydrogen-bond donors (Lipinski definition) is 1. The standard InChI is InChI=1S/C13H18BrNO2/c1-13(2,3)8-15-12(16)10-7-9(17-4)5-6-11(10)14/h5-7H,8H2,1-4H3,(H,15,16). The average Bonchev–Trinajstić information content (AvgIpc) is 2.25. The van der Waals surface area contributed by atoms with Gasteiger partial charge in [-0.3, -0.25) is 4.79 Å². The van der Waals surface area contributed by atoms with E-state index in [1.54, 1.807) is 13.2 Å². The topological polar surface area (TPSA) is 38.3 Å². The number of benzene rings is 1. The molecule has 3 nitrogen and oxygen atoms in total. The molecular weight excluding hydrogens is 282 g/mol. The summed E-state index contributed by atoms with van der Waals surface area (Å²) in [6.45, 7) is 6.87. The van der Waals surface area contributed by atoms with E-state index < -0.39 is 0 Å². The summed E-state index contributed by atoms with van der Waals surface area (Å²) in [5.41, 5.74) is 0.662. The van der Waals surface area contributed by atoms with Crippen molar-refractivity contribution in [3.8, 4) is 5.75 Å². The number of rotatable bonds is 3. The minimum absolute atomic E-state index is 0.0704. The number of halogens is 1. The Morgan fingerprint density at radius 2 is 2.06 bits per heavy atom. The summed E-state index contributed by atoms with van der Waals surface area (Å²) in [5, 5.41) is 2.91. The van der Waals surface area contributed by atoms with Gasteiger partial charge in [0.05, 0.1) is 12.7 Å². The Bertz CT molecular complexity index is 410. The lowest BCUT2D eigenvalue weighted by Gasteiger charge is -2.19. The van der Waals surface area contributed by atoms with E-state index in [1.807, 2.05) is 12.1 Å². The molecule has 0 aromatic heterocycles. The van der Waals surface area contributed by atoms with Crippen LogP contribution >= 0.6 is 15.9 Å². The number of carbonyl (C=O) groups excluding carboxylic acids is 1. The van der Waals surface area contributed by atoms with E-state index >= 15 is 0 Å². The molecule has 4 heteroatoms. The Morgan fingerprint density at radius 3 is 2.59 bits per heavy atom. The first-order valence-electron chi connectivity index (χ1n) is 5.45. The lowest BCUT2D eigenvalue weighted by molar-refractivity contribution is 0.0938. The molecule has 1 amide bonds. The Kier molecular flexibility index (Phi) is 4.57. The second-order valence-electron chi connectivity index (χ2n) is 5.09. The summed E-state index contributed by atoms with van der Waals surface area (Å²) >= 11 is 3.36. The number of hydrogen-bond acceptors (Lipinski definition) is 2. The SMILES string of the molecule is COc1ccc(Br)c(C(=O)NCC(C)(C)C)c1. The van der Waals surface area contributed by atoms with Gasteiger partial charge in [-0.25, -0.2) is 0 Å². The second kappa shape index (κ2) is 5.54. The highest BCUT2D eigenvalue weighted by Gasteiger charge is 2.15. The first-order valence-corrected chi connectivity index (χ1v) is 6.24. The van der Waals surface area contributed by atoms with Crippen LogP contribution in [0.4, 0.5) is 0 Å². The van der Waals surface area contributed by atoms with Gasteiger partial charge in [-0.2, -0.15) is 0 Å². The van der Waals surface area contributed by atoms with Crippen molar-refractivity contribution in [3.63, 3.8) is 0 Å². The molecule has 0 unspecified atom stereocenters. The van der Waals surface area contributed by atoms with Gasteiger partial charge in [-0.1, -0.05) is 20.8 Å². The van der Waals surface area contributed by atoms with E-state index in [-0.39, 0.29) is 11.3 Å². The van der Waals surface area contributed by atoms with E-state index in [1.165, 1.54) is 0 Å². The minimum Gasteiger partial charge on any atom is -0.497 e. The van der Waals surface area contributed by atoms with Gasteiger partial charge in [0.1, 0.15) is 5.75 Å². The molecule has 17 heavy (non-hydrogen) atoms. The largest absolute Gasteiger partial charge is 0.497 e. The molecule has 94 valence electrons. The highest BCUT2D eigenvalue weighted by Crippen LogP contribution is 2.22. The molecule has 0 bridgehead atoms. The van der Waals surface area contributed by atoms with Crippen LogP contribution in [0.25, 0.3) is 0 Å². The minimum atomic E-state index is -0.0919. The summed E-state index contributed by atoms with van der Waals surface area (Å²) in [5.74, 6) is 0.583. The van der Waals surface area contributed by atoms with Crippen molar-refractivity contribution in [1.82, 2.24) is 5.32 Å². The van der Waals surface area contributed by atoms with Crippen molar-refractivity contribution < 1.29 is 9.53 Å². The predicted molar refractivity (Wildman–Crippen MR) is 72.5 cm³/mol. The van der Waals surface area contributed by atoms with Gasteiger partial charge in [0.2, 0.25) is 0 Å². The Hall–Kier alpha value is -1.03. The number of methoxy groups -OCH3 is 1. The zero-order valence-electron chi connectivity index (χ0n) is 10.6. The van der Waals surface area contributed by atoms with Crippen LogP contribution in [0.3, 0.4) is 0 Å². The third kappa shape index (κ3) is 4.38. The molecule has 0 fully saturated rings. The third-order valence-corrected chi connectivity index (χ3v) is 2.89. The molecule has 0 radical (unpaired) electrons. The predicted octanol–water partition coefficient (Wildman–Crippen LogP) is 3.23. The van der Waals surface area contributed by atoms with Gasteiger partial charge < -0.3 is 10.1 Å². The lowest BCUT2D eigenvalue weighted by atomic mass is 9.97. The fraction of sp³-hybridized carbons (Fsp3) is 0.462. The van der Waals surface area contributed by atoms with E-state index in [2.05, 4.69) is 42.0 Å². The van der Waals surface area contributed by atoms with Gasteiger partial charge in [0, 0.05) is 11.0 Å². The van der Waals surface area contributed by atoms with Gasteiger partial charge in [0.15, 0.2) is 0 Å². The highest BCUT2D eigenvalue weighted by atomic mass is 79.9. The van der Waals surface area contributed by atoms with Gasteiger partial charge in [-0.05, 0) is 39.5 Å². The van der Waals surface area contributed by atoms with E-state index in [9.17, 15) is 4.79 Å². The van der Waals surface area contributed by atoms with Crippen LogP contribution in [0, 0.1) is 5.41 Å². The van der Waals surface area contributed by atoms with E-state index in [0.717, 1.165) is 4.47 Å². The van der Waals surface area contributed by atoms with Crippen LogP contribution in [-0.2, 0) is 0 Å². The zero-order chi connectivity index (χ0) is 13.1. The number of carbonyl (C=O) groups is 1. The molecule has 0 aliphatic carbocycles. The third-order valence-electron chi connectivity index (χ3n) is 2.20. The summed E-state index contributed by atoms with van der Waals surface area (Å²) in [6, 6.07) is 5.34. The smallest absolute Gasteiger partial charge is 0.252 e. The normalized spacial score (nSPS) is 11.1. The number of nitrogens with one attached hydrogen (secondary N) is 1. The fourth-order valence-electron chi connectivity index (χ4n) is 1.25. The monoisotopic (exact) mass is 299 g/mol. The van der Waals surface area contributed by atoms with Crippen LogP contribution in [0.2, 0.25) is 0 Å². The van der Waals surface area contributed by atoms with Crippen LogP contribution in [0.15, 0.2) is 22.7 Å². The molecule has 0 saturated heterocycles. The maximum absolute atomic E-state index is 12.0. The quantitative estimate of drug-likeness (QED) is 0.930. The molecule has 1 N–H and O–H groups in total. The molecule has 1 aromatic rings. The molecule has 0 spiro atoms. The van der Waals surface area contributed by atoms with Crippen molar-refractivity contribution in [3.05, 3.63) is 28.2 Å². The maximum Gasteiger partial charge on any atom is 0.252 e. The second-order valence-corrected chi connectivity index (χ2v) is 5.94. The molecule has 1 aromatic carbocycles. The molecular formula is C13H18BrNO2. The van der Waals surface area contributed by atoms with Gasteiger partial charge in [0.25, 0.3) is 5.91 Å². The molecule has 0 aliphatic heterocycles. The first kappa shape index (κ1) is 14.0. The molecule has 0 heterocycles. The van der Waals surface area contributed by atoms with Crippen LogP contribution < -0.4 is 10.1 Å². The maximum atomic E-state index is 12.0. The number of amides is 1.